The van der Waals surface area contributed by atoms with Crippen LogP contribution in [0.3, 0.4) is 0 Å². The highest BCUT2D eigenvalue weighted by molar-refractivity contribution is 5.70. The minimum absolute atomic E-state index is 0.167. The number of carbonyl (C=O) groups is 1. The first-order valence-electron chi connectivity index (χ1n) is 5.97. The molecule has 3 nitrogen and oxygen atoms in total. The van der Waals surface area contributed by atoms with Crippen LogP contribution >= 0.6 is 0 Å². The number of rotatable bonds is 3. The Kier molecular flexibility index (Phi) is 8.38. The minimum atomic E-state index is -0.462. The van der Waals surface area contributed by atoms with E-state index >= 15 is 0 Å². The van der Waals surface area contributed by atoms with Crippen LogP contribution in [-0.2, 0) is 9.53 Å². The maximum atomic E-state index is 10.3. The molecular formula is C12H24O3. The zero-order valence-corrected chi connectivity index (χ0v) is 10.2. The summed E-state index contributed by atoms with van der Waals surface area (Å²) in [6.07, 6.45) is 4.36. The molecule has 0 aromatic rings. The summed E-state index contributed by atoms with van der Waals surface area (Å²) in [6, 6.07) is 0. The van der Waals surface area contributed by atoms with Gasteiger partial charge in [0.15, 0.2) is 0 Å². The standard InChI is InChI=1S/C7H16.C5H8O3/c1-4-7(5-2)6-3;6-4-1-2-8-5(7)3-4/h7H,4-6H2,1-3H3;4,6H,1-3H2. The molecule has 0 bridgehead atoms. The Labute approximate surface area is 92.8 Å². The molecule has 0 saturated carbocycles. The Bertz CT molecular complexity index is 159. The summed E-state index contributed by atoms with van der Waals surface area (Å²) in [5.41, 5.74) is 0. The maximum absolute atomic E-state index is 10.3. The number of aliphatic hydroxyl groups excluding tert-OH is 1. The van der Waals surface area contributed by atoms with Gasteiger partial charge >= 0.3 is 5.97 Å². The molecule has 0 aromatic heterocycles. The van der Waals surface area contributed by atoms with Gasteiger partial charge in [0.1, 0.15) is 0 Å². The Hall–Kier alpha value is -0.570. The maximum Gasteiger partial charge on any atom is 0.308 e. The Morgan fingerprint density at radius 3 is 2.07 bits per heavy atom. The molecule has 0 aromatic carbocycles. The van der Waals surface area contributed by atoms with Gasteiger partial charge in [-0.3, -0.25) is 4.79 Å². The van der Waals surface area contributed by atoms with Crippen molar-refractivity contribution in [3.05, 3.63) is 0 Å². The van der Waals surface area contributed by atoms with Gasteiger partial charge in [0.2, 0.25) is 0 Å². The number of hydrogen-bond acceptors (Lipinski definition) is 3. The summed E-state index contributed by atoms with van der Waals surface area (Å²) in [7, 11) is 0. The fraction of sp³-hybridized carbons (Fsp3) is 0.917. The van der Waals surface area contributed by atoms with Crippen molar-refractivity contribution >= 4 is 5.97 Å². The molecule has 1 unspecified atom stereocenters. The van der Waals surface area contributed by atoms with Gasteiger partial charge in [0.05, 0.1) is 19.1 Å². The van der Waals surface area contributed by atoms with E-state index < -0.39 is 6.10 Å². The minimum Gasteiger partial charge on any atom is -0.465 e. The van der Waals surface area contributed by atoms with Crippen LogP contribution in [0.25, 0.3) is 0 Å². The number of aliphatic hydroxyl groups is 1. The fourth-order valence-electron chi connectivity index (χ4n) is 1.53. The number of ether oxygens (including phenoxy) is 1. The largest absolute Gasteiger partial charge is 0.465 e. The zero-order valence-electron chi connectivity index (χ0n) is 10.2. The van der Waals surface area contributed by atoms with Gasteiger partial charge in [-0.2, -0.15) is 0 Å². The molecule has 90 valence electrons. The molecular weight excluding hydrogens is 192 g/mol. The van der Waals surface area contributed by atoms with Gasteiger partial charge in [-0.05, 0) is 5.92 Å². The quantitative estimate of drug-likeness (QED) is 0.737. The fourth-order valence-corrected chi connectivity index (χ4v) is 1.53. The molecule has 0 spiro atoms. The number of cyclic esters (lactones) is 1. The van der Waals surface area contributed by atoms with Crippen LogP contribution in [0.4, 0.5) is 0 Å². The van der Waals surface area contributed by atoms with Crippen LogP contribution in [0.2, 0.25) is 0 Å². The molecule has 0 aliphatic carbocycles. The summed E-state index contributed by atoms with van der Waals surface area (Å²) >= 11 is 0. The zero-order chi connectivity index (χ0) is 11.7. The smallest absolute Gasteiger partial charge is 0.308 e. The Morgan fingerprint density at radius 2 is 1.87 bits per heavy atom. The molecule has 3 heteroatoms. The van der Waals surface area contributed by atoms with E-state index in [1.54, 1.807) is 0 Å². The van der Waals surface area contributed by atoms with Crippen LogP contribution in [0, 0.1) is 5.92 Å². The summed E-state index contributed by atoms with van der Waals surface area (Å²) in [5.74, 6) is 0.698. The van der Waals surface area contributed by atoms with E-state index in [4.69, 9.17) is 5.11 Å². The van der Waals surface area contributed by atoms with Crippen molar-refractivity contribution in [1.29, 1.82) is 0 Å². The van der Waals surface area contributed by atoms with Crippen molar-refractivity contribution < 1.29 is 14.6 Å². The highest BCUT2D eigenvalue weighted by Crippen LogP contribution is 2.10. The number of hydrogen-bond donors (Lipinski definition) is 1. The van der Waals surface area contributed by atoms with Crippen molar-refractivity contribution in [3.63, 3.8) is 0 Å². The molecule has 1 aliphatic heterocycles. The second-order valence-electron chi connectivity index (χ2n) is 3.96. The van der Waals surface area contributed by atoms with Gasteiger partial charge in [-0.25, -0.2) is 0 Å². The monoisotopic (exact) mass is 216 g/mol. The average Bonchev–Trinajstić information content (AvgIpc) is 2.21. The molecule has 1 aliphatic rings. The molecule has 1 fully saturated rings. The molecule has 1 N–H and O–H groups in total. The third-order valence-electron chi connectivity index (χ3n) is 2.85. The lowest BCUT2D eigenvalue weighted by Crippen LogP contribution is -2.24. The SMILES string of the molecule is CCC(CC)CC.O=C1CC(O)CCO1. The third kappa shape index (κ3) is 7.37. The van der Waals surface area contributed by atoms with Crippen LogP contribution < -0.4 is 0 Å². The lowest BCUT2D eigenvalue weighted by atomic mass is 10.0. The number of esters is 1. The normalized spacial score (nSPS) is 20.6. The second-order valence-corrected chi connectivity index (χ2v) is 3.96. The third-order valence-corrected chi connectivity index (χ3v) is 2.85. The van der Waals surface area contributed by atoms with E-state index in [1.807, 2.05) is 0 Å². The topological polar surface area (TPSA) is 46.5 Å². The lowest BCUT2D eigenvalue weighted by Gasteiger charge is -2.15. The second kappa shape index (κ2) is 8.72. The van der Waals surface area contributed by atoms with E-state index in [1.165, 1.54) is 19.3 Å². The van der Waals surface area contributed by atoms with E-state index in [9.17, 15) is 4.79 Å². The van der Waals surface area contributed by atoms with E-state index in [0.29, 0.717) is 13.0 Å². The first-order chi connectivity index (χ1) is 7.13. The predicted molar refractivity (Wildman–Crippen MR) is 60.6 cm³/mol. The van der Waals surface area contributed by atoms with Crippen LogP contribution in [-0.4, -0.2) is 23.8 Å². The molecule has 1 rings (SSSR count). The summed E-state index contributed by atoms with van der Waals surface area (Å²) in [4.78, 5) is 10.3. The van der Waals surface area contributed by atoms with Gasteiger partial charge in [0, 0.05) is 6.42 Å². The van der Waals surface area contributed by atoms with Gasteiger partial charge in [0.25, 0.3) is 0 Å². The highest BCUT2D eigenvalue weighted by atomic mass is 16.5. The Morgan fingerprint density at radius 1 is 1.33 bits per heavy atom. The molecule has 0 radical (unpaired) electrons. The van der Waals surface area contributed by atoms with Crippen LogP contribution in [0.5, 0.6) is 0 Å². The van der Waals surface area contributed by atoms with Crippen LogP contribution in [0.1, 0.15) is 52.9 Å². The Balaban J connectivity index is 0.000000265. The molecule has 1 atom stereocenters. The summed E-state index contributed by atoms with van der Waals surface area (Å²) < 4.78 is 4.55. The summed E-state index contributed by atoms with van der Waals surface area (Å²) in [6.45, 7) is 7.16. The first-order valence-corrected chi connectivity index (χ1v) is 5.97. The van der Waals surface area contributed by atoms with Crippen LogP contribution in [0.15, 0.2) is 0 Å². The molecule has 0 amide bonds. The summed E-state index contributed by atoms with van der Waals surface area (Å²) in [5, 5.41) is 8.78. The van der Waals surface area contributed by atoms with Crippen molar-refractivity contribution in [2.24, 2.45) is 5.92 Å². The van der Waals surface area contributed by atoms with Crippen molar-refractivity contribution in [1.82, 2.24) is 0 Å². The van der Waals surface area contributed by atoms with E-state index in [-0.39, 0.29) is 12.4 Å². The van der Waals surface area contributed by atoms with Crippen molar-refractivity contribution in [2.45, 2.75) is 59.0 Å². The van der Waals surface area contributed by atoms with Gasteiger partial charge < -0.3 is 9.84 Å². The average molecular weight is 216 g/mol. The van der Waals surface area contributed by atoms with Crippen molar-refractivity contribution in [3.8, 4) is 0 Å². The van der Waals surface area contributed by atoms with E-state index in [2.05, 4.69) is 25.5 Å². The predicted octanol–water partition coefficient (Wildman–Crippen LogP) is 2.52. The highest BCUT2D eigenvalue weighted by Gasteiger charge is 2.17. The number of carbonyl (C=O) groups excluding carboxylic acids is 1. The van der Waals surface area contributed by atoms with Gasteiger partial charge in [-0.15, -0.1) is 0 Å². The van der Waals surface area contributed by atoms with E-state index in [0.717, 1.165) is 5.92 Å². The van der Waals surface area contributed by atoms with Gasteiger partial charge in [-0.1, -0.05) is 40.0 Å². The lowest BCUT2D eigenvalue weighted by molar-refractivity contribution is -0.151. The molecule has 15 heavy (non-hydrogen) atoms. The molecule has 1 saturated heterocycles. The molecule has 1 heterocycles. The van der Waals surface area contributed by atoms with Crippen molar-refractivity contribution in [2.75, 3.05) is 6.61 Å². The first kappa shape index (κ1) is 14.4.